The maximum absolute atomic E-state index is 12.0. The molecule has 1 amide bonds. The van der Waals surface area contributed by atoms with Crippen LogP contribution in [0.2, 0.25) is 0 Å². The quantitative estimate of drug-likeness (QED) is 0.686. The van der Waals surface area contributed by atoms with Crippen LogP contribution in [-0.4, -0.2) is 30.4 Å². The van der Waals surface area contributed by atoms with Crippen LogP contribution in [0.25, 0.3) is 10.9 Å². The number of sulfonamides is 1. The molecule has 0 unspecified atom stereocenters. The van der Waals surface area contributed by atoms with Crippen molar-refractivity contribution in [3.8, 4) is 0 Å². The molecule has 0 spiro atoms. The lowest BCUT2D eigenvalue weighted by Crippen LogP contribution is -2.26. The van der Waals surface area contributed by atoms with Gasteiger partial charge in [-0.05, 0) is 30.9 Å². The molecule has 3 rings (SSSR count). The zero-order valence-electron chi connectivity index (χ0n) is 13.7. The van der Waals surface area contributed by atoms with E-state index in [1.165, 1.54) is 22.7 Å². The topological polar surface area (TPSA) is 105 Å². The number of thioether (sulfide) groups is 1. The first-order valence-electron chi connectivity index (χ1n) is 8.12. The maximum atomic E-state index is 12.0. The number of aryl methyl sites for hydroxylation is 1. The zero-order valence-corrected chi connectivity index (χ0v) is 15.3. The molecule has 0 saturated heterocycles. The number of carbonyl (C=O) groups excluding carboxylic acids is 1. The lowest BCUT2D eigenvalue weighted by molar-refractivity contribution is -0.120. The summed E-state index contributed by atoms with van der Waals surface area (Å²) in [5, 5.41) is 9.18. The Labute approximate surface area is 151 Å². The zero-order chi connectivity index (χ0) is 17.9. The van der Waals surface area contributed by atoms with Crippen LogP contribution in [0.1, 0.15) is 24.8 Å². The molecule has 1 atom stereocenters. The molecule has 1 aliphatic heterocycles. The van der Waals surface area contributed by atoms with Crippen molar-refractivity contribution in [3.63, 3.8) is 0 Å². The number of carbonyl (C=O) groups is 1. The van der Waals surface area contributed by atoms with E-state index in [2.05, 4.69) is 16.4 Å². The Morgan fingerprint density at radius 3 is 2.92 bits per heavy atom. The van der Waals surface area contributed by atoms with Crippen LogP contribution in [0.15, 0.2) is 41.4 Å². The van der Waals surface area contributed by atoms with Crippen LogP contribution in [-0.2, 0) is 21.2 Å². The van der Waals surface area contributed by atoms with E-state index in [-0.39, 0.29) is 5.91 Å². The van der Waals surface area contributed by atoms with Gasteiger partial charge in [0.2, 0.25) is 15.9 Å². The molecule has 0 aliphatic carbocycles. The van der Waals surface area contributed by atoms with Gasteiger partial charge < -0.3 is 10.3 Å². The highest BCUT2D eigenvalue weighted by molar-refractivity contribution is 8.15. The average molecular weight is 380 g/mol. The molecule has 1 aromatic carbocycles. The Hall–Kier alpha value is -1.77. The Morgan fingerprint density at radius 2 is 2.16 bits per heavy atom. The molecular formula is C17H21N3O3S2. The summed E-state index contributed by atoms with van der Waals surface area (Å²) >= 11 is 1.21. The smallest absolute Gasteiger partial charge is 0.222 e. The molecule has 0 saturated carbocycles. The molecule has 25 heavy (non-hydrogen) atoms. The van der Waals surface area contributed by atoms with Crippen molar-refractivity contribution in [3.05, 3.63) is 47.0 Å². The summed E-state index contributed by atoms with van der Waals surface area (Å²) < 4.78 is 22.0. The minimum atomic E-state index is -3.54. The number of H-pyrrole nitrogens is 1. The number of aromatic amines is 1. The lowest BCUT2D eigenvalue weighted by Gasteiger charge is -2.08. The summed E-state index contributed by atoms with van der Waals surface area (Å²) in [7, 11) is -3.54. The van der Waals surface area contributed by atoms with E-state index in [1.807, 2.05) is 30.5 Å². The minimum Gasteiger partial charge on any atom is -0.361 e. The summed E-state index contributed by atoms with van der Waals surface area (Å²) in [5.74, 6) is -0.0274. The molecule has 2 aromatic rings. The number of para-hydroxylation sites is 1. The highest BCUT2D eigenvalue weighted by Crippen LogP contribution is 2.33. The van der Waals surface area contributed by atoms with Crippen LogP contribution >= 0.6 is 11.8 Å². The molecule has 1 aliphatic rings. The molecule has 8 heteroatoms. The average Bonchev–Trinajstić information content (AvgIpc) is 3.20. The van der Waals surface area contributed by atoms with Gasteiger partial charge in [-0.25, -0.2) is 13.6 Å². The van der Waals surface area contributed by atoms with E-state index in [1.54, 1.807) is 0 Å². The molecule has 4 N–H and O–H groups in total. The number of aromatic nitrogens is 1. The fourth-order valence-electron chi connectivity index (χ4n) is 2.86. The monoisotopic (exact) mass is 379 g/mol. The van der Waals surface area contributed by atoms with Crippen molar-refractivity contribution in [2.45, 2.75) is 30.3 Å². The van der Waals surface area contributed by atoms with Crippen LogP contribution < -0.4 is 10.5 Å². The molecule has 0 bridgehead atoms. The summed E-state index contributed by atoms with van der Waals surface area (Å²) in [5.41, 5.74) is 2.32. The summed E-state index contributed by atoms with van der Waals surface area (Å²) in [4.78, 5) is 16.1. The third kappa shape index (κ3) is 4.65. The number of primary sulfonamides is 1. The number of hydrogen-bond donors (Lipinski definition) is 3. The minimum absolute atomic E-state index is 0.0274. The van der Waals surface area contributed by atoms with Crippen molar-refractivity contribution < 1.29 is 13.2 Å². The van der Waals surface area contributed by atoms with Crippen LogP contribution in [0.5, 0.6) is 0 Å². The number of amides is 1. The maximum Gasteiger partial charge on any atom is 0.222 e. The van der Waals surface area contributed by atoms with Gasteiger partial charge in [-0.1, -0.05) is 24.3 Å². The number of hydrogen-bond acceptors (Lipinski definition) is 4. The molecule has 2 heterocycles. The highest BCUT2D eigenvalue weighted by atomic mass is 32.3. The predicted octanol–water partition coefficient (Wildman–Crippen LogP) is 2.24. The van der Waals surface area contributed by atoms with Crippen molar-refractivity contribution in [2.24, 2.45) is 5.14 Å². The molecule has 0 radical (unpaired) electrons. The number of fused-ring (bicyclic) bond motifs is 1. The fourth-order valence-corrected chi connectivity index (χ4v) is 5.01. The van der Waals surface area contributed by atoms with Gasteiger partial charge in [-0.3, -0.25) is 4.79 Å². The van der Waals surface area contributed by atoms with Gasteiger partial charge in [0, 0.05) is 35.0 Å². The Morgan fingerprint density at radius 1 is 1.36 bits per heavy atom. The highest BCUT2D eigenvalue weighted by Gasteiger charge is 2.27. The largest absolute Gasteiger partial charge is 0.361 e. The van der Waals surface area contributed by atoms with E-state index >= 15 is 0 Å². The van der Waals surface area contributed by atoms with E-state index in [4.69, 9.17) is 5.14 Å². The molecule has 6 nitrogen and oxygen atoms in total. The van der Waals surface area contributed by atoms with Gasteiger partial charge in [0.1, 0.15) is 4.58 Å². The van der Waals surface area contributed by atoms with Crippen LogP contribution in [0.3, 0.4) is 0 Å². The van der Waals surface area contributed by atoms with Crippen LogP contribution in [0.4, 0.5) is 0 Å². The second-order valence-corrected chi connectivity index (χ2v) is 9.41. The van der Waals surface area contributed by atoms with E-state index in [0.717, 1.165) is 23.3 Å². The van der Waals surface area contributed by atoms with Crippen molar-refractivity contribution in [1.29, 1.82) is 0 Å². The van der Waals surface area contributed by atoms with Gasteiger partial charge in [-0.2, -0.15) is 0 Å². The second kappa shape index (κ2) is 7.63. The molecular weight excluding hydrogens is 358 g/mol. The first kappa shape index (κ1) is 18.0. The van der Waals surface area contributed by atoms with E-state index in [0.29, 0.717) is 19.4 Å². The van der Waals surface area contributed by atoms with Crippen molar-refractivity contribution >= 4 is 38.6 Å². The normalized spacial score (nSPS) is 17.6. The number of benzene rings is 1. The third-order valence-electron chi connectivity index (χ3n) is 4.17. The molecule has 0 fully saturated rings. The van der Waals surface area contributed by atoms with Crippen molar-refractivity contribution in [1.82, 2.24) is 10.3 Å². The second-order valence-electron chi connectivity index (χ2n) is 6.03. The van der Waals surface area contributed by atoms with Gasteiger partial charge >= 0.3 is 0 Å². The van der Waals surface area contributed by atoms with Crippen molar-refractivity contribution in [2.75, 3.05) is 6.54 Å². The summed E-state index contributed by atoms with van der Waals surface area (Å²) in [6, 6.07) is 8.11. The number of allylic oxidation sites excluding steroid dienone is 1. The SMILES string of the molecule is NS(=O)(=O)[C@H]1CC=C(CNC(=O)CCCc2c[nH]c3ccccc23)S1. The standard InChI is InChI=1S/C17H21N3O3S2/c18-25(22,23)17-9-8-13(24-17)11-20-16(21)7-3-4-12-10-19-15-6-2-1-5-14(12)15/h1-2,5-6,8,10,17,19H,3-4,7,9,11H2,(H,20,21)(H2,18,22,23)/t17-/m0/s1. The first-order valence-corrected chi connectivity index (χ1v) is 10.6. The molecule has 134 valence electrons. The lowest BCUT2D eigenvalue weighted by atomic mass is 10.1. The van der Waals surface area contributed by atoms with Crippen LogP contribution in [0, 0.1) is 0 Å². The summed E-state index contributed by atoms with van der Waals surface area (Å²) in [6.45, 7) is 0.364. The summed E-state index contributed by atoms with van der Waals surface area (Å²) in [6.07, 6.45) is 6.26. The predicted molar refractivity (Wildman–Crippen MR) is 101 cm³/mol. The van der Waals surface area contributed by atoms with Gasteiger partial charge in [0.25, 0.3) is 0 Å². The van der Waals surface area contributed by atoms with E-state index in [9.17, 15) is 13.2 Å². The first-order chi connectivity index (χ1) is 11.9. The van der Waals surface area contributed by atoms with Gasteiger partial charge in [0.05, 0.1) is 0 Å². The number of rotatable bonds is 7. The Balaban J connectivity index is 1.40. The Kier molecular flexibility index (Phi) is 5.51. The van der Waals surface area contributed by atoms with E-state index < -0.39 is 14.6 Å². The third-order valence-corrected chi connectivity index (χ3v) is 7.26. The van der Waals surface area contributed by atoms with Gasteiger partial charge in [-0.15, -0.1) is 11.8 Å². The fraction of sp³-hybridized carbons (Fsp3) is 0.353. The Bertz CT molecular complexity index is 903. The molecule has 1 aromatic heterocycles. The number of nitrogens with one attached hydrogen (secondary N) is 2. The number of nitrogens with two attached hydrogens (primary N) is 1. The van der Waals surface area contributed by atoms with Gasteiger partial charge in [0.15, 0.2) is 0 Å².